The summed E-state index contributed by atoms with van der Waals surface area (Å²) in [6.45, 7) is 0.489. The average Bonchev–Trinajstić information content (AvgIpc) is 2.87. The van der Waals surface area contributed by atoms with E-state index in [2.05, 4.69) is 10.3 Å². The van der Waals surface area contributed by atoms with Crippen molar-refractivity contribution in [3.8, 4) is 5.75 Å². The zero-order valence-electron chi connectivity index (χ0n) is 10.6. The Morgan fingerprint density at radius 2 is 2.33 bits per heavy atom. The summed E-state index contributed by atoms with van der Waals surface area (Å²) in [7, 11) is 5.00. The highest BCUT2D eigenvalue weighted by Crippen LogP contribution is 2.25. The number of benzene rings is 1. The Kier molecular flexibility index (Phi) is 3.55. The molecule has 0 spiro atoms. The van der Waals surface area contributed by atoms with E-state index in [0.717, 1.165) is 5.69 Å². The van der Waals surface area contributed by atoms with Gasteiger partial charge in [-0.15, -0.1) is 0 Å². The molecule has 1 N–H and O–H groups in total. The van der Waals surface area contributed by atoms with Crippen molar-refractivity contribution < 1.29 is 13.9 Å². The molecule has 0 aliphatic carbocycles. The van der Waals surface area contributed by atoms with Gasteiger partial charge < -0.3 is 19.7 Å². The minimum atomic E-state index is -0.374. The Bertz CT molecular complexity index is 465. The topological polar surface area (TPSA) is 46.1 Å². The molecule has 5 nitrogen and oxygen atoms in total. The van der Waals surface area contributed by atoms with Gasteiger partial charge in [-0.25, -0.2) is 9.38 Å². The number of hydrogen-bond acceptors (Lipinski definition) is 4. The SMILES string of the molecule is CN=C1N[C@@H](N(C)c2ccc(F)c(OC)c2)CO1. The number of halogens is 1. The van der Waals surface area contributed by atoms with Crippen LogP contribution in [0.25, 0.3) is 0 Å². The number of methoxy groups -OCH3 is 1. The molecule has 1 saturated heterocycles. The summed E-state index contributed by atoms with van der Waals surface area (Å²) in [5.74, 6) is -0.149. The van der Waals surface area contributed by atoms with Gasteiger partial charge in [-0.3, -0.25) is 0 Å². The van der Waals surface area contributed by atoms with E-state index >= 15 is 0 Å². The van der Waals surface area contributed by atoms with Crippen LogP contribution in [0.1, 0.15) is 0 Å². The van der Waals surface area contributed by atoms with E-state index in [1.807, 2.05) is 11.9 Å². The largest absolute Gasteiger partial charge is 0.494 e. The van der Waals surface area contributed by atoms with Crippen molar-refractivity contribution in [3.05, 3.63) is 24.0 Å². The molecule has 6 heteroatoms. The number of rotatable bonds is 3. The Balaban J connectivity index is 2.16. The molecular formula is C12H16FN3O2. The Morgan fingerprint density at radius 1 is 1.56 bits per heavy atom. The van der Waals surface area contributed by atoms with Crippen molar-refractivity contribution in [2.45, 2.75) is 6.17 Å². The molecule has 1 heterocycles. The van der Waals surface area contributed by atoms with E-state index in [9.17, 15) is 4.39 Å². The van der Waals surface area contributed by atoms with E-state index in [4.69, 9.17) is 9.47 Å². The molecular weight excluding hydrogens is 237 g/mol. The molecule has 1 aromatic rings. The number of hydrogen-bond donors (Lipinski definition) is 1. The first kappa shape index (κ1) is 12.5. The summed E-state index contributed by atoms with van der Waals surface area (Å²) in [6.07, 6.45) is -0.0288. The standard InChI is InChI=1S/C12H16FN3O2/c1-14-12-15-11(7-18-12)16(2)8-4-5-9(13)10(6-8)17-3/h4-6,11H,7H2,1-3H3,(H,14,15)/t11-/m0/s1. The van der Waals surface area contributed by atoms with Crippen LogP contribution >= 0.6 is 0 Å². The lowest BCUT2D eigenvalue weighted by Crippen LogP contribution is -2.42. The number of nitrogens with one attached hydrogen (secondary N) is 1. The molecule has 2 rings (SSSR count). The molecule has 0 saturated carbocycles. The third-order valence-electron chi connectivity index (χ3n) is 2.88. The first-order chi connectivity index (χ1) is 8.65. The van der Waals surface area contributed by atoms with Crippen molar-refractivity contribution in [2.75, 3.05) is 32.7 Å². The highest BCUT2D eigenvalue weighted by molar-refractivity contribution is 5.76. The zero-order chi connectivity index (χ0) is 13.1. The molecule has 1 aliphatic heterocycles. The monoisotopic (exact) mass is 253 g/mol. The second kappa shape index (κ2) is 5.12. The van der Waals surface area contributed by atoms with Crippen LogP contribution in [-0.4, -0.2) is 40.0 Å². The number of anilines is 1. The molecule has 1 fully saturated rings. The van der Waals surface area contributed by atoms with Crippen molar-refractivity contribution in [3.63, 3.8) is 0 Å². The second-order valence-corrected chi connectivity index (χ2v) is 3.93. The predicted molar refractivity (Wildman–Crippen MR) is 67.6 cm³/mol. The van der Waals surface area contributed by atoms with Crippen molar-refractivity contribution in [1.29, 1.82) is 0 Å². The third kappa shape index (κ3) is 2.32. The Hall–Kier alpha value is -1.98. The first-order valence-corrected chi connectivity index (χ1v) is 5.58. The number of aliphatic imine (C=N–C) groups is 1. The quantitative estimate of drug-likeness (QED) is 0.879. The minimum absolute atomic E-state index is 0.0288. The van der Waals surface area contributed by atoms with Crippen LogP contribution in [0.15, 0.2) is 23.2 Å². The van der Waals surface area contributed by atoms with Crippen LogP contribution in [0.3, 0.4) is 0 Å². The van der Waals surface area contributed by atoms with E-state index in [1.54, 1.807) is 19.2 Å². The lowest BCUT2D eigenvalue weighted by atomic mass is 10.2. The lowest BCUT2D eigenvalue weighted by molar-refractivity contribution is 0.324. The van der Waals surface area contributed by atoms with Gasteiger partial charge in [-0.1, -0.05) is 0 Å². The summed E-state index contributed by atoms with van der Waals surface area (Å²) >= 11 is 0. The van der Waals surface area contributed by atoms with Gasteiger partial charge in [0.1, 0.15) is 12.8 Å². The van der Waals surface area contributed by atoms with Crippen molar-refractivity contribution >= 4 is 11.7 Å². The predicted octanol–water partition coefficient (Wildman–Crippen LogP) is 1.20. The number of amidine groups is 1. The molecule has 0 bridgehead atoms. The lowest BCUT2D eigenvalue weighted by Gasteiger charge is -2.25. The Morgan fingerprint density at radius 3 is 2.94 bits per heavy atom. The first-order valence-electron chi connectivity index (χ1n) is 5.58. The van der Waals surface area contributed by atoms with Crippen LogP contribution in [-0.2, 0) is 4.74 Å². The minimum Gasteiger partial charge on any atom is -0.494 e. The van der Waals surface area contributed by atoms with Gasteiger partial charge in [0.2, 0.25) is 0 Å². The molecule has 1 aliphatic rings. The fourth-order valence-electron chi connectivity index (χ4n) is 1.77. The molecule has 0 unspecified atom stereocenters. The van der Waals surface area contributed by atoms with Crippen LogP contribution in [0, 0.1) is 5.82 Å². The Labute approximate surface area is 105 Å². The summed E-state index contributed by atoms with van der Waals surface area (Å²) in [5.41, 5.74) is 0.840. The maximum absolute atomic E-state index is 13.3. The molecule has 0 aromatic heterocycles. The van der Waals surface area contributed by atoms with Crippen molar-refractivity contribution in [1.82, 2.24) is 5.32 Å². The molecule has 1 aromatic carbocycles. The fourth-order valence-corrected chi connectivity index (χ4v) is 1.77. The summed E-state index contributed by atoms with van der Waals surface area (Å²) in [5, 5.41) is 3.11. The number of likely N-dealkylation sites (N-methyl/N-ethyl adjacent to an activating group) is 1. The number of nitrogens with zero attached hydrogens (tertiary/aromatic N) is 2. The van der Waals surface area contributed by atoms with Crippen LogP contribution in [0.5, 0.6) is 5.75 Å². The molecule has 98 valence electrons. The van der Waals surface area contributed by atoms with Gasteiger partial charge in [0, 0.05) is 25.8 Å². The fraction of sp³-hybridized carbons (Fsp3) is 0.417. The summed E-state index contributed by atoms with van der Waals surface area (Å²) in [6, 6.07) is 5.24. The van der Waals surface area contributed by atoms with E-state index in [-0.39, 0.29) is 17.7 Å². The third-order valence-corrected chi connectivity index (χ3v) is 2.88. The summed E-state index contributed by atoms with van der Waals surface area (Å²) < 4.78 is 23.6. The van der Waals surface area contributed by atoms with Gasteiger partial charge in [0.05, 0.1) is 7.11 Å². The van der Waals surface area contributed by atoms with E-state index in [1.165, 1.54) is 13.2 Å². The average molecular weight is 253 g/mol. The molecule has 18 heavy (non-hydrogen) atoms. The van der Waals surface area contributed by atoms with E-state index in [0.29, 0.717) is 12.6 Å². The molecule has 1 atom stereocenters. The van der Waals surface area contributed by atoms with E-state index < -0.39 is 0 Å². The van der Waals surface area contributed by atoms with Crippen LogP contribution in [0.2, 0.25) is 0 Å². The smallest absolute Gasteiger partial charge is 0.286 e. The molecule has 0 radical (unpaired) electrons. The molecule has 0 amide bonds. The highest BCUT2D eigenvalue weighted by Gasteiger charge is 2.25. The van der Waals surface area contributed by atoms with Gasteiger partial charge in [0.25, 0.3) is 6.02 Å². The van der Waals surface area contributed by atoms with Gasteiger partial charge in [-0.2, -0.15) is 0 Å². The van der Waals surface area contributed by atoms with Gasteiger partial charge in [0.15, 0.2) is 11.6 Å². The van der Waals surface area contributed by atoms with Crippen LogP contribution in [0.4, 0.5) is 10.1 Å². The van der Waals surface area contributed by atoms with Gasteiger partial charge in [-0.05, 0) is 12.1 Å². The second-order valence-electron chi connectivity index (χ2n) is 3.93. The normalized spacial score (nSPS) is 20.4. The van der Waals surface area contributed by atoms with Crippen molar-refractivity contribution in [2.24, 2.45) is 4.99 Å². The highest BCUT2D eigenvalue weighted by atomic mass is 19.1. The maximum Gasteiger partial charge on any atom is 0.286 e. The zero-order valence-corrected chi connectivity index (χ0v) is 10.6. The van der Waals surface area contributed by atoms with Gasteiger partial charge >= 0.3 is 0 Å². The maximum atomic E-state index is 13.3. The number of ether oxygens (including phenoxy) is 2. The van der Waals surface area contributed by atoms with Crippen LogP contribution < -0.4 is 15.0 Å². The summed E-state index contributed by atoms with van der Waals surface area (Å²) in [4.78, 5) is 5.88.